The zero-order chi connectivity index (χ0) is 21.7. The van der Waals surface area contributed by atoms with Gasteiger partial charge in [-0.05, 0) is 42.3 Å². The fourth-order valence-electron chi connectivity index (χ4n) is 2.96. The summed E-state index contributed by atoms with van der Waals surface area (Å²) in [5, 5.41) is 2.22. The minimum Gasteiger partial charge on any atom is -0.497 e. The molecule has 0 atom stereocenters. The molecule has 154 valence electrons. The van der Waals surface area contributed by atoms with Crippen molar-refractivity contribution in [3.8, 4) is 11.5 Å². The van der Waals surface area contributed by atoms with Crippen LogP contribution in [-0.2, 0) is 16.0 Å². The van der Waals surface area contributed by atoms with Crippen LogP contribution >= 0.6 is 0 Å². The van der Waals surface area contributed by atoms with Crippen LogP contribution in [0.2, 0.25) is 0 Å². The minimum absolute atomic E-state index is 0.178. The quantitative estimate of drug-likeness (QED) is 0.432. The lowest BCUT2D eigenvalue weighted by Gasteiger charge is -2.26. The fourth-order valence-corrected chi connectivity index (χ4v) is 2.96. The largest absolute Gasteiger partial charge is 0.497 e. The molecule has 0 spiro atoms. The number of carbonyl (C=O) groups is 3. The summed E-state index contributed by atoms with van der Waals surface area (Å²) in [6.07, 6.45) is 3.81. The molecular formula is C23H22N2O5. The number of benzene rings is 2. The van der Waals surface area contributed by atoms with Crippen LogP contribution in [-0.4, -0.2) is 31.6 Å². The molecule has 0 aromatic heterocycles. The van der Waals surface area contributed by atoms with Crippen LogP contribution in [0.25, 0.3) is 6.08 Å². The molecule has 2 aromatic carbocycles. The monoisotopic (exact) mass is 406 g/mol. The third kappa shape index (κ3) is 4.25. The molecule has 0 bridgehead atoms. The Morgan fingerprint density at radius 3 is 2.47 bits per heavy atom. The Morgan fingerprint density at radius 2 is 1.83 bits per heavy atom. The summed E-state index contributed by atoms with van der Waals surface area (Å²) < 4.78 is 10.8. The van der Waals surface area contributed by atoms with Crippen molar-refractivity contribution in [2.24, 2.45) is 0 Å². The summed E-state index contributed by atoms with van der Waals surface area (Å²) in [6.45, 7) is 5.86. The van der Waals surface area contributed by atoms with E-state index in [1.165, 1.54) is 13.2 Å². The Hall–Kier alpha value is -3.87. The van der Waals surface area contributed by atoms with Crippen LogP contribution in [0.5, 0.6) is 11.5 Å². The number of aryl methyl sites for hydroxylation is 1. The Bertz CT molecular complexity index is 1020. The highest BCUT2D eigenvalue weighted by molar-refractivity contribution is 6.39. The Morgan fingerprint density at radius 1 is 1.10 bits per heavy atom. The second-order valence-corrected chi connectivity index (χ2v) is 6.48. The van der Waals surface area contributed by atoms with Gasteiger partial charge in [-0.3, -0.25) is 14.9 Å². The lowest BCUT2D eigenvalue weighted by Crippen LogP contribution is -2.54. The second-order valence-electron chi connectivity index (χ2n) is 6.48. The van der Waals surface area contributed by atoms with Crippen molar-refractivity contribution >= 4 is 29.6 Å². The first kappa shape index (κ1) is 20.9. The number of amides is 4. The van der Waals surface area contributed by atoms with Gasteiger partial charge in [-0.1, -0.05) is 31.7 Å². The lowest BCUT2D eigenvalue weighted by atomic mass is 10.1. The van der Waals surface area contributed by atoms with Gasteiger partial charge in [0.1, 0.15) is 23.7 Å². The van der Waals surface area contributed by atoms with Crippen molar-refractivity contribution in [3.05, 3.63) is 71.8 Å². The molecule has 0 aliphatic carbocycles. The highest BCUT2D eigenvalue weighted by Gasteiger charge is 2.37. The molecule has 4 amide bonds. The maximum atomic E-state index is 13.0. The van der Waals surface area contributed by atoms with Crippen molar-refractivity contribution in [1.29, 1.82) is 0 Å². The lowest BCUT2D eigenvalue weighted by molar-refractivity contribution is -0.122. The number of ether oxygens (including phenoxy) is 2. The summed E-state index contributed by atoms with van der Waals surface area (Å²) in [6, 6.07) is 11.2. The van der Waals surface area contributed by atoms with E-state index in [-0.39, 0.29) is 12.2 Å². The number of urea groups is 1. The molecule has 0 radical (unpaired) electrons. The van der Waals surface area contributed by atoms with E-state index in [1.807, 2.05) is 19.1 Å². The Kier molecular flexibility index (Phi) is 6.32. The number of methoxy groups -OCH3 is 1. The van der Waals surface area contributed by atoms with Gasteiger partial charge in [0.05, 0.1) is 12.8 Å². The number of hydrogen-bond donors (Lipinski definition) is 1. The molecule has 3 rings (SSSR count). The van der Waals surface area contributed by atoms with E-state index < -0.39 is 17.8 Å². The molecule has 2 aromatic rings. The molecule has 1 heterocycles. The van der Waals surface area contributed by atoms with E-state index >= 15 is 0 Å². The van der Waals surface area contributed by atoms with E-state index in [0.717, 1.165) is 16.9 Å². The number of anilines is 1. The number of nitrogens with zero attached hydrogens (tertiary/aromatic N) is 1. The first-order valence-corrected chi connectivity index (χ1v) is 9.40. The number of nitrogens with one attached hydrogen (secondary N) is 1. The third-order valence-electron chi connectivity index (χ3n) is 4.58. The van der Waals surface area contributed by atoms with Gasteiger partial charge in [0, 0.05) is 11.6 Å². The van der Waals surface area contributed by atoms with Crippen molar-refractivity contribution in [2.45, 2.75) is 13.3 Å². The molecule has 7 nitrogen and oxygen atoms in total. The van der Waals surface area contributed by atoms with Crippen LogP contribution in [0.15, 0.2) is 60.7 Å². The topological polar surface area (TPSA) is 84.9 Å². The summed E-state index contributed by atoms with van der Waals surface area (Å²) in [5.74, 6) is -0.503. The minimum atomic E-state index is -0.788. The molecule has 1 aliphatic heterocycles. The average molecular weight is 406 g/mol. The highest BCUT2D eigenvalue weighted by Crippen LogP contribution is 2.29. The predicted molar refractivity (Wildman–Crippen MR) is 114 cm³/mol. The Labute approximate surface area is 174 Å². The van der Waals surface area contributed by atoms with Gasteiger partial charge in [-0.2, -0.15) is 0 Å². The SMILES string of the molecule is C=CCOc1cc(OC)ccc1/C=C1\C(=O)NC(=O)N(c2ccc(CC)cc2)C1=O. The summed E-state index contributed by atoms with van der Waals surface area (Å²) in [5.41, 5.74) is 1.76. The molecule has 7 heteroatoms. The van der Waals surface area contributed by atoms with Gasteiger partial charge < -0.3 is 9.47 Å². The molecule has 0 saturated carbocycles. The molecular weight excluding hydrogens is 384 g/mol. The van der Waals surface area contributed by atoms with Crippen LogP contribution in [0.4, 0.5) is 10.5 Å². The van der Waals surface area contributed by atoms with Crippen molar-refractivity contribution in [3.63, 3.8) is 0 Å². The standard InChI is InChI=1S/C23H22N2O5/c1-4-12-30-20-14-18(29-3)11-8-16(20)13-19-21(26)24-23(28)25(22(19)27)17-9-6-15(5-2)7-10-17/h4,6-11,13-14H,1,5,12H2,2-3H3,(H,24,26,28)/b19-13+. The van der Waals surface area contributed by atoms with E-state index in [0.29, 0.717) is 22.7 Å². The first-order valence-electron chi connectivity index (χ1n) is 9.40. The van der Waals surface area contributed by atoms with Gasteiger partial charge >= 0.3 is 6.03 Å². The predicted octanol–water partition coefficient (Wildman–Crippen LogP) is 3.49. The summed E-state index contributed by atoms with van der Waals surface area (Å²) in [4.78, 5) is 38.8. The van der Waals surface area contributed by atoms with Gasteiger partial charge in [0.25, 0.3) is 11.8 Å². The molecule has 0 unspecified atom stereocenters. The van der Waals surface area contributed by atoms with Crippen molar-refractivity contribution in [1.82, 2.24) is 5.32 Å². The molecule has 1 N–H and O–H groups in total. The zero-order valence-electron chi connectivity index (χ0n) is 16.8. The summed E-state index contributed by atoms with van der Waals surface area (Å²) >= 11 is 0. The van der Waals surface area contributed by atoms with Crippen LogP contribution in [0.3, 0.4) is 0 Å². The van der Waals surface area contributed by atoms with Gasteiger partial charge in [0.2, 0.25) is 0 Å². The zero-order valence-corrected chi connectivity index (χ0v) is 16.8. The molecule has 1 aliphatic rings. The highest BCUT2D eigenvalue weighted by atomic mass is 16.5. The number of rotatable bonds is 7. The first-order chi connectivity index (χ1) is 14.5. The summed E-state index contributed by atoms with van der Waals surface area (Å²) in [7, 11) is 1.52. The number of barbiturate groups is 1. The van der Waals surface area contributed by atoms with E-state index in [2.05, 4.69) is 11.9 Å². The number of carbonyl (C=O) groups excluding carboxylic acids is 3. The molecule has 30 heavy (non-hydrogen) atoms. The third-order valence-corrected chi connectivity index (χ3v) is 4.58. The van der Waals surface area contributed by atoms with Gasteiger partial charge in [0.15, 0.2) is 0 Å². The maximum Gasteiger partial charge on any atom is 0.335 e. The van der Waals surface area contributed by atoms with E-state index in [4.69, 9.17) is 9.47 Å². The van der Waals surface area contributed by atoms with E-state index in [1.54, 1.807) is 36.4 Å². The molecule has 1 saturated heterocycles. The van der Waals surface area contributed by atoms with Crippen molar-refractivity contribution in [2.75, 3.05) is 18.6 Å². The second kappa shape index (κ2) is 9.09. The smallest absolute Gasteiger partial charge is 0.335 e. The van der Waals surface area contributed by atoms with Crippen LogP contribution in [0, 0.1) is 0 Å². The van der Waals surface area contributed by atoms with E-state index in [9.17, 15) is 14.4 Å². The average Bonchev–Trinajstić information content (AvgIpc) is 2.75. The van der Waals surface area contributed by atoms with Crippen LogP contribution in [0.1, 0.15) is 18.1 Å². The van der Waals surface area contributed by atoms with Crippen LogP contribution < -0.4 is 19.7 Å². The Balaban J connectivity index is 2.00. The fraction of sp³-hybridized carbons (Fsp3) is 0.174. The maximum absolute atomic E-state index is 13.0. The number of imide groups is 2. The van der Waals surface area contributed by atoms with Gasteiger partial charge in [-0.25, -0.2) is 9.69 Å². The van der Waals surface area contributed by atoms with Gasteiger partial charge in [-0.15, -0.1) is 0 Å². The normalized spacial score (nSPS) is 15.2. The van der Waals surface area contributed by atoms with Crippen molar-refractivity contribution < 1.29 is 23.9 Å². The molecule has 1 fully saturated rings. The number of hydrogen-bond acceptors (Lipinski definition) is 5.